The van der Waals surface area contributed by atoms with E-state index in [-0.39, 0.29) is 0 Å². The Balaban J connectivity index is 1.59. The number of hydrogen-bond donors (Lipinski definition) is 0. The molecule has 5 nitrogen and oxygen atoms in total. The third kappa shape index (κ3) is 2.77. The molecular formula is C22H18N4O. The van der Waals surface area contributed by atoms with Gasteiger partial charge < -0.3 is 4.52 Å². The molecule has 0 N–H and O–H groups in total. The maximum absolute atomic E-state index is 5.68. The highest BCUT2D eigenvalue weighted by atomic mass is 16.5. The van der Waals surface area contributed by atoms with Crippen LogP contribution in [0.1, 0.15) is 12.5 Å². The Morgan fingerprint density at radius 1 is 0.963 bits per heavy atom. The van der Waals surface area contributed by atoms with Crippen molar-refractivity contribution in [2.45, 2.75) is 19.0 Å². The number of aromatic nitrogens is 2. The molecule has 2 aromatic carbocycles. The van der Waals surface area contributed by atoms with Gasteiger partial charge in [-0.2, -0.15) is 0 Å². The highest BCUT2D eigenvalue weighted by molar-refractivity contribution is 6.17. The molecule has 0 aliphatic carbocycles. The lowest BCUT2D eigenvalue weighted by atomic mass is 10.0. The zero-order chi connectivity index (χ0) is 18.3. The summed E-state index contributed by atoms with van der Waals surface area (Å²) in [6, 6.07) is 20.3. The van der Waals surface area contributed by atoms with Crippen molar-refractivity contribution in [2.75, 3.05) is 0 Å². The molecule has 27 heavy (non-hydrogen) atoms. The van der Waals surface area contributed by atoms with Crippen LogP contribution in [0.25, 0.3) is 28.0 Å². The van der Waals surface area contributed by atoms with Crippen molar-refractivity contribution in [1.29, 1.82) is 0 Å². The van der Waals surface area contributed by atoms with E-state index in [4.69, 9.17) is 4.52 Å². The highest BCUT2D eigenvalue weighted by Gasteiger charge is 2.26. The van der Waals surface area contributed by atoms with E-state index >= 15 is 0 Å². The second-order valence-corrected chi connectivity index (χ2v) is 6.91. The van der Waals surface area contributed by atoms with Crippen molar-refractivity contribution in [2.24, 2.45) is 9.98 Å². The lowest BCUT2D eigenvalue weighted by Gasteiger charge is -2.16. The third-order valence-corrected chi connectivity index (χ3v) is 4.90. The van der Waals surface area contributed by atoms with E-state index < -0.39 is 5.66 Å². The van der Waals surface area contributed by atoms with Crippen LogP contribution in [0.15, 0.2) is 81.4 Å². The molecule has 0 unspecified atom stereocenters. The van der Waals surface area contributed by atoms with Gasteiger partial charge in [0, 0.05) is 42.1 Å². The number of nitrogens with zero attached hydrogens (tertiary/aromatic N) is 4. The first kappa shape index (κ1) is 15.8. The van der Waals surface area contributed by atoms with Crippen molar-refractivity contribution in [3.05, 3.63) is 72.4 Å². The number of fused-ring (bicyclic) bond motifs is 1. The molecule has 3 heterocycles. The molecule has 0 atom stereocenters. The average Bonchev–Trinajstić information content (AvgIpc) is 3.42. The lowest BCUT2D eigenvalue weighted by molar-refractivity contribution is 0.410. The first-order valence-electron chi connectivity index (χ1n) is 8.92. The molecule has 0 fully saturated rings. The summed E-state index contributed by atoms with van der Waals surface area (Å²) in [6.45, 7) is 2.04. The Bertz CT molecular complexity index is 1160. The summed E-state index contributed by atoms with van der Waals surface area (Å²) in [5.74, 6) is 0.694. The molecule has 0 bridgehead atoms. The zero-order valence-corrected chi connectivity index (χ0v) is 14.9. The standard InChI is InChI=1S/C22H18N4O/c1-22(23-11-12-24-22)14-17-15-26(20-10-6-5-9-18(17)20)21-13-19(25-27-21)16-7-3-2-4-8-16/h2-13,15H,14H2,1H3. The summed E-state index contributed by atoms with van der Waals surface area (Å²) < 4.78 is 7.73. The summed E-state index contributed by atoms with van der Waals surface area (Å²) in [4.78, 5) is 9.01. The molecule has 5 heteroatoms. The quantitative estimate of drug-likeness (QED) is 0.533. The van der Waals surface area contributed by atoms with Gasteiger partial charge >= 0.3 is 0 Å². The number of aliphatic imine (C=N–C) groups is 2. The first-order valence-corrected chi connectivity index (χ1v) is 8.92. The van der Waals surface area contributed by atoms with E-state index in [1.807, 2.05) is 49.4 Å². The number of para-hydroxylation sites is 1. The van der Waals surface area contributed by atoms with Gasteiger partial charge in [-0.15, -0.1) is 0 Å². The summed E-state index contributed by atoms with van der Waals surface area (Å²) in [6.07, 6.45) is 6.37. The topological polar surface area (TPSA) is 55.7 Å². The molecule has 0 saturated carbocycles. The monoisotopic (exact) mass is 354 g/mol. The van der Waals surface area contributed by atoms with Crippen molar-refractivity contribution in [1.82, 2.24) is 9.72 Å². The Hall–Kier alpha value is -3.47. The van der Waals surface area contributed by atoms with E-state index in [0.29, 0.717) is 5.88 Å². The molecule has 0 amide bonds. The predicted molar refractivity (Wildman–Crippen MR) is 108 cm³/mol. The minimum absolute atomic E-state index is 0.439. The lowest BCUT2D eigenvalue weighted by Crippen LogP contribution is -2.19. The molecule has 4 aromatic rings. The summed E-state index contributed by atoms with van der Waals surface area (Å²) in [7, 11) is 0. The van der Waals surface area contributed by atoms with Gasteiger partial charge in [0.05, 0.1) is 5.52 Å². The fraction of sp³-hybridized carbons (Fsp3) is 0.136. The molecule has 2 aromatic heterocycles. The second kappa shape index (κ2) is 6.06. The van der Waals surface area contributed by atoms with Gasteiger partial charge in [-0.25, -0.2) is 0 Å². The van der Waals surface area contributed by atoms with Crippen LogP contribution in [-0.2, 0) is 6.42 Å². The largest absolute Gasteiger partial charge is 0.337 e. The third-order valence-electron chi connectivity index (χ3n) is 4.90. The van der Waals surface area contributed by atoms with Crippen LogP contribution in [-0.4, -0.2) is 27.8 Å². The van der Waals surface area contributed by atoms with E-state index in [1.54, 1.807) is 12.4 Å². The molecule has 0 radical (unpaired) electrons. The fourth-order valence-corrected chi connectivity index (χ4v) is 3.57. The Kier molecular flexibility index (Phi) is 3.53. The van der Waals surface area contributed by atoms with Crippen LogP contribution in [0.3, 0.4) is 0 Å². The molecule has 0 spiro atoms. The molecule has 1 aliphatic rings. The Labute approximate surface area is 156 Å². The van der Waals surface area contributed by atoms with Crippen LogP contribution in [0.4, 0.5) is 0 Å². The zero-order valence-electron chi connectivity index (χ0n) is 14.9. The van der Waals surface area contributed by atoms with Crippen molar-refractivity contribution < 1.29 is 4.52 Å². The SMILES string of the molecule is CC1(Cc2cn(-c3cc(-c4ccccc4)no3)c3ccccc23)N=CC=N1. The minimum Gasteiger partial charge on any atom is -0.337 e. The first-order chi connectivity index (χ1) is 13.2. The normalized spacial score (nSPS) is 15.0. The molecular weight excluding hydrogens is 336 g/mol. The maximum atomic E-state index is 5.68. The highest BCUT2D eigenvalue weighted by Crippen LogP contribution is 2.31. The van der Waals surface area contributed by atoms with Gasteiger partial charge in [0.25, 0.3) is 0 Å². The predicted octanol–water partition coefficient (Wildman–Crippen LogP) is 4.70. The summed E-state index contributed by atoms with van der Waals surface area (Å²) in [5, 5.41) is 5.43. The van der Waals surface area contributed by atoms with Crippen molar-refractivity contribution in [3.63, 3.8) is 0 Å². The van der Waals surface area contributed by atoms with Gasteiger partial charge in [0.15, 0.2) is 5.66 Å². The van der Waals surface area contributed by atoms with Gasteiger partial charge in [0.1, 0.15) is 5.69 Å². The van der Waals surface area contributed by atoms with E-state index in [2.05, 4.69) is 44.1 Å². The molecule has 0 saturated heterocycles. The van der Waals surface area contributed by atoms with Gasteiger partial charge in [-0.1, -0.05) is 53.7 Å². The van der Waals surface area contributed by atoms with E-state index in [9.17, 15) is 0 Å². The van der Waals surface area contributed by atoms with E-state index in [1.165, 1.54) is 10.9 Å². The summed E-state index contributed by atoms with van der Waals surface area (Å²) >= 11 is 0. The van der Waals surface area contributed by atoms with Crippen molar-refractivity contribution >= 4 is 23.3 Å². The number of benzene rings is 2. The smallest absolute Gasteiger partial charge is 0.236 e. The molecule has 132 valence electrons. The molecule has 5 rings (SSSR count). The van der Waals surface area contributed by atoms with E-state index in [0.717, 1.165) is 23.2 Å². The minimum atomic E-state index is -0.439. The second-order valence-electron chi connectivity index (χ2n) is 6.91. The Morgan fingerprint density at radius 3 is 2.52 bits per heavy atom. The van der Waals surface area contributed by atoms with Gasteiger partial charge in [-0.05, 0) is 18.6 Å². The maximum Gasteiger partial charge on any atom is 0.236 e. The summed E-state index contributed by atoms with van der Waals surface area (Å²) in [5.41, 5.74) is 3.68. The van der Waals surface area contributed by atoms with Crippen molar-refractivity contribution in [3.8, 4) is 17.1 Å². The Morgan fingerprint density at radius 2 is 1.70 bits per heavy atom. The van der Waals surface area contributed by atoms with Crippen LogP contribution in [0.2, 0.25) is 0 Å². The fourth-order valence-electron chi connectivity index (χ4n) is 3.57. The van der Waals surface area contributed by atoms with Gasteiger partial charge in [0.2, 0.25) is 5.88 Å². The van der Waals surface area contributed by atoms with Crippen LogP contribution in [0, 0.1) is 0 Å². The molecule has 1 aliphatic heterocycles. The van der Waals surface area contributed by atoms with Crippen LogP contribution in [0.5, 0.6) is 0 Å². The average molecular weight is 354 g/mol. The number of rotatable bonds is 4. The van der Waals surface area contributed by atoms with Gasteiger partial charge in [-0.3, -0.25) is 14.6 Å². The van der Waals surface area contributed by atoms with Crippen LogP contribution < -0.4 is 0 Å². The van der Waals surface area contributed by atoms with Crippen LogP contribution >= 0.6 is 0 Å². The number of hydrogen-bond acceptors (Lipinski definition) is 4.